The van der Waals surface area contributed by atoms with Gasteiger partial charge in [-0.25, -0.2) is 14.2 Å². The van der Waals surface area contributed by atoms with E-state index in [1.807, 2.05) is 30.3 Å². The zero-order chi connectivity index (χ0) is 20.1. The Bertz CT molecular complexity index is 1070. The van der Waals surface area contributed by atoms with Crippen LogP contribution in [0.4, 0.5) is 26.5 Å². The van der Waals surface area contributed by atoms with Crippen LogP contribution >= 0.6 is 0 Å². The summed E-state index contributed by atoms with van der Waals surface area (Å²) in [4.78, 5) is 19.0. The first-order valence-electron chi connectivity index (χ1n) is 8.42. The summed E-state index contributed by atoms with van der Waals surface area (Å²) in [6.07, 6.45) is 0.526. The molecule has 3 aromatic rings. The Hall–Kier alpha value is -3.93. The lowest BCUT2D eigenvalue weighted by molar-refractivity contribution is 0.194. The number of hydrogen-bond acceptors (Lipinski definition) is 6. The molecule has 9 heteroatoms. The third-order valence-electron chi connectivity index (χ3n) is 3.90. The van der Waals surface area contributed by atoms with Crippen LogP contribution in [0.1, 0.15) is 12.5 Å². The summed E-state index contributed by atoms with van der Waals surface area (Å²) >= 11 is 0. The van der Waals surface area contributed by atoms with Gasteiger partial charge in [0, 0.05) is 29.9 Å². The fourth-order valence-corrected chi connectivity index (χ4v) is 2.59. The van der Waals surface area contributed by atoms with E-state index in [1.54, 1.807) is 19.2 Å². The number of nitrogens with one attached hydrogen (secondary N) is 3. The van der Waals surface area contributed by atoms with Gasteiger partial charge in [-0.3, -0.25) is 4.98 Å². The van der Waals surface area contributed by atoms with E-state index in [2.05, 4.69) is 25.9 Å². The molecular formula is C19H17FN6O2. The van der Waals surface area contributed by atoms with E-state index in [-0.39, 0.29) is 23.7 Å². The summed E-state index contributed by atoms with van der Waals surface area (Å²) in [6.45, 7) is 1.75. The number of rotatable bonds is 6. The van der Waals surface area contributed by atoms with E-state index in [4.69, 9.17) is 5.11 Å². The van der Waals surface area contributed by atoms with Crippen LogP contribution in [-0.4, -0.2) is 33.8 Å². The third-order valence-corrected chi connectivity index (χ3v) is 3.90. The molecule has 3 rings (SSSR count). The maximum atomic E-state index is 14.3. The van der Waals surface area contributed by atoms with E-state index >= 15 is 0 Å². The molecule has 0 spiro atoms. The number of pyridine rings is 2. The number of anilines is 3. The monoisotopic (exact) mass is 380 g/mol. The maximum Gasteiger partial charge on any atom is 0.404 e. The predicted molar refractivity (Wildman–Crippen MR) is 103 cm³/mol. The fourth-order valence-electron chi connectivity index (χ4n) is 2.59. The Morgan fingerprint density at radius 2 is 2.14 bits per heavy atom. The molecule has 4 N–H and O–H groups in total. The molecule has 142 valence electrons. The van der Waals surface area contributed by atoms with Crippen molar-refractivity contribution in [2.24, 2.45) is 0 Å². The van der Waals surface area contributed by atoms with E-state index in [0.29, 0.717) is 5.69 Å². The standard InChI is InChI=1S/C19H17FN6O2/c1-11(10-23-19(27)28)24-18-15(20)8-13(9-21)17(26-18)25-14-4-5-16-12(7-14)3-2-6-22-16/h2-8,11,23H,10H2,1H3,(H,27,28)(H2,24,25,26)/t11-/m1/s1. The van der Waals surface area contributed by atoms with Crippen molar-refractivity contribution < 1.29 is 14.3 Å². The van der Waals surface area contributed by atoms with Crippen LogP contribution in [-0.2, 0) is 0 Å². The number of carbonyl (C=O) groups is 1. The van der Waals surface area contributed by atoms with Crippen molar-refractivity contribution in [3.8, 4) is 6.07 Å². The van der Waals surface area contributed by atoms with E-state index in [0.717, 1.165) is 17.0 Å². The fraction of sp³-hybridized carbons (Fsp3) is 0.158. The predicted octanol–water partition coefficient (Wildman–Crippen LogP) is 3.45. The molecule has 28 heavy (non-hydrogen) atoms. The maximum absolute atomic E-state index is 14.3. The Morgan fingerprint density at radius 1 is 1.32 bits per heavy atom. The average molecular weight is 380 g/mol. The van der Waals surface area contributed by atoms with Gasteiger partial charge >= 0.3 is 6.09 Å². The van der Waals surface area contributed by atoms with Crippen molar-refractivity contribution in [3.63, 3.8) is 0 Å². The van der Waals surface area contributed by atoms with Crippen LogP contribution in [0.3, 0.4) is 0 Å². The number of carboxylic acid groups (broad SMARTS) is 1. The molecule has 1 amide bonds. The largest absolute Gasteiger partial charge is 0.465 e. The topological polar surface area (TPSA) is 123 Å². The zero-order valence-electron chi connectivity index (χ0n) is 14.9. The Balaban J connectivity index is 1.86. The van der Waals surface area contributed by atoms with Crippen LogP contribution in [0.2, 0.25) is 0 Å². The highest BCUT2D eigenvalue weighted by molar-refractivity contribution is 5.83. The van der Waals surface area contributed by atoms with E-state index in [9.17, 15) is 14.4 Å². The molecule has 0 fully saturated rings. The number of hydrogen-bond donors (Lipinski definition) is 4. The van der Waals surface area contributed by atoms with Crippen molar-refractivity contribution in [1.82, 2.24) is 15.3 Å². The molecule has 2 aromatic heterocycles. The molecule has 0 saturated heterocycles. The highest BCUT2D eigenvalue weighted by Gasteiger charge is 2.14. The van der Waals surface area contributed by atoms with Crippen molar-refractivity contribution in [2.45, 2.75) is 13.0 Å². The highest BCUT2D eigenvalue weighted by Crippen LogP contribution is 2.25. The SMILES string of the molecule is C[C@H](CNC(=O)O)Nc1nc(Nc2ccc3ncccc3c2)c(C#N)cc1F. The van der Waals surface area contributed by atoms with Crippen LogP contribution < -0.4 is 16.0 Å². The molecule has 1 atom stereocenters. The number of amides is 1. The summed E-state index contributed by atoms with van der Waals surface area (Å²) in [5, 5.41) is 26.9. The van der Waals surface area contributed by atoms with Gasteiger partial charge < -0.3 is 21.1 Å². The van der Waals surface area contributed by atoms with Gasteiger partial charge in [0.15, 0.2) is 17.5 Å². The lowest BCUT2D eigenvalue weighted by Gasteiger charge is -2.16. The molecule has 0 aliphatic carbocycles. The second-order valence-electron chi connectivity index (χ2n) is 6.09. The first kappa shape index (κ1) is 18.8. The number of benzene rings is 1. The van der Waals surface area contributed by atoms with Crippen LogP contribution in [0.5, 0.6) is 0 Å². The molecule has 8 nitrogen and oxygen atoms in total. The van der Waals surface area contributed by atoms with Crippen molar-refractivity contribution >= 4 is 34.3 Å². The Labute approximate surface area is 160 Å². The first-order valence-corrected chi connectivity index (χ1v) is 8.42. The number of fused-ring (bicyclic) bond motifs is 1. The molecule has 0 unspecified atom stereocenters. The number of nitriles is 1. The molecule has 0 bridgehead atoms. The summed E-state index contributed by atoms with van der Waals surface area (Å²) in [7, 11) is 0. The molecular weight excluding hydrogens is 363 g/mol. The third kappa shape index (κ3) is 4.42. The molecule has 0 aliphatic rings. The minimum Gasteiger partial charge on any atom is -0.465 e. The van der Waals surface area contributed by atoms with E-state index in [1.165, 1.54) is 0 Å². The average Bonchev–Trinajstić information content (AvgIpc) is 2.68. The van der Waals surface area contributed by atoms with Gasteiger partial charge in [-0.15, -0.1) is 0 Å². The van der Waals surface area contributed by atoms with Crippen molar-refractivity contribution in [1.29, 1.82) is 5.26 Å². The zero-order valence-corrected chi connectivity index (χ0v) is 14.9. The molecule has 2 heterocycles. The van der Waals surface area contributed by atoms with Gasteiger partial charge in [0.25, 0.3) is 0 Å². The van der Waals surface area contributed by atoms with Gasteiger partial charge in [0.1, 0.15) is 6.07 Å². The second kappa shape index (κ2) is 8.18. The van der Waals surface area contributed by atoms with E-state index < -0.39 is 18.0 Å². The molecule has 0 saturated carbocycles. The summed E-state index contributed by atoms with van der Waals surface area (Å²) in [6, 6.07) is 11.8. The van der Waals surface area contributed by atoms with Gasteiger partial charge in [0.2, 0.25) is 0 Å². The number of halogens is 1. The minimum atomic E-state index is -1.17. The van der Waals surface area contributed by atoms with Gasteiger partial charge in [0.05, 0.1) is 11.1 Å². The molecule has 1 aromatic carbocycles. The summed E-state index contributed by atoms with van der Waals surface area (Å²) < 4.78 is 14.3. The van der Waals surface area contributed by atoms with Gasteiger partial charge in [-0.1, -0.05) is 6.07 Å². The number of aromatic nitrogens is 2. The van der Waals surface area contributed by atoms with Crippen LogP contribution in [0.15, 0.2) is 42.6 Å². The number of nitrogens with zero attached hydrogens (tertiary/aromatic N) is 3. The Kier molecular flexibility index (Phi) is 5.50. The molecule has 0 radical (unpaired) electrons. The van der Waals surface area contributed by atoms with Gasteiger partial charge in [-0.05, 0) is 37.3 Å². The van der Waals surface area contributed by atoms with Crippen LogP contribution in [0, 0.1) is 17.1 Å². The van der Waals surface area contributed by atoms with Gasteiger partial charge in [-0.2, -0.15) is 5.26 Å². The second-order valence-corrected chi connectivity index (χ2v) is 6.09. The summed E-state index contributed by atoms with van der Waals surface area (Å²) in [5.74, 6) is -0.594. The summed E-state index contributed by atoms with van der Waals surface area (Å²) in [5.41, 5.74) is 1.54. The quantitative estimate of drug-likeness (QED) is 0.516. The van der Waals surface area contributed by atoms with Crippen molar-refractivity contribution in [3.05, 3.63) is 54.0 Å². The Morgan fingerprint density at radius 3 is 2.89 bits per heavy atom. The minimum absolute atomic E-state index is 0.0469. The van der Waals surface area contributed by atoms with Crippen molar-refractivity contribution in [2.75, 3.05) is 17.2 Å². The smallest absolute Gasteiger partial charge is 0.404 e. The molecule has 0 aliphatic heterocycles. The first-order chi connectivity index (χ1) is 13.5. The highest BCUT2D eigenvalue weighted by atomic mass is 19.1. The lowest BCUT2D eigenvalue weighted by Crippen LogP contribution is -2.34. The van der Waals surface area contributed by atoms with Crippen LogP contribution in [0.25, 0.3) is 10.9 Å². The normalized spacial score (nSPS) is 11.5. The lowest BCUT2D eigenvalue weighted by atomic mass is 10.2.